The minimum absolute atomic E-state index is 0.162. The van der Waals surface area contributed by atoms with Gasteiger partial charge in [-0.15, -0.1) is 0 Å². The second kappa shape index (κ2) is 6.74. The van der Waals surface area contributed by atoms with Crippen LogP contribution < -0.4 is 5.32 Å². The zero-order valence-corrected chi connectivity index (χ0v) is 17.7. The van der Waals surface area contributed by atoms with Crippen molar-refractivity contribution in [3.63, 3.8) is 0 Å². The van der Waals surface area contributed by atoms with Gasteiger partial charge in [-0.05, 0) is 87.3 Å². The van der Waals surface area contributed by atoms with E-state index in [1.165, 1.54) is 42.7 Å². The van der Waals surface area contributed by atoms with E-state index in [0.29, 0.717) is 46.1 Å². The number of carbonyl (C=O) groups is 2. The van der Waals surface area contributed by atoms with Crippen LogP contribution in [0.2, 0.25) is 0 Å². The molecule has 5 aliphatic rings. The highest BCUT2D eigenvalue weighted by Crippen LogP contribution is 2.60. The largest absolute Gasteiger partial charge is 0.330 e. The summed E-state index contributed by atoms with van der Waals surface area (Å²) >= 11 is 1.27. The van der Waals surface area contributed by atoms with Crippen molar-refractivity contribution in [1.29, 1.82) is 0 Å². The van der Waals surface area contributed by atoms with Crippen LogP contribution in [0.15, 0.2) is 18.2 Å². The molecule has 1 saturated heterocycles. The topological polar surface area (TPSA) is 62.3 Å². The molecule has 5 nitrogen and oxygen atoms in total. The molecule has 1 aliphatic heterocycles. The van der Waals surface area contributed by atoms with Gasteiger partial charge in [-0.3, -0.25) is 9.59 Å². The van der Waals surface area contributed by atoms with Gasteiger partial charge in [0.15, 0.2) is 5.13 Å². The number of benzene rings is 1. The molecule has 1 atom stereocenters. The molecule has 2 aromatic rings. The SMILES string of the molecule is O=C(Nc1nc2ccc(F)cc2s1)C1CCCN1C(=O)C12CC3CC(CC(C3)C1)C2. The lowest BCUT2D eigenvalue weighted by Crippen LogP contribution is -2.56. The number of amides is 2. The van der Waals surface area contributed by atoms with Crippen LogP contribution in [0.25, 0.3) is 10.2 Å². The van der Waals surface area contributed by atoms with Crippen LogP contribution in [0, 0.1) is 29.0 Å². The van der Waals surface area contributed by atoms with Gasteiger partial charge in [-0.1, -0.05) is 11.3 Å². The third kappa shape index (κ3) is 2.96. The molecule has 2 amide bonds. The molecule has 7 rings (SSSR count). The van der Waals surface area contributed by atoms with Gasteiger partial charge in [0.25, 0.3) is 0 Å². The van der Waals surface area contributed by atoms with Crippen molar-refractivity contribution in [2.75, 3.05) is 11.9 Å². The summed E-state index contributed by atoms with van der Waals surface area (Å²) in [6.07, 6.45) is 8.52. The molecule has 4 aliphatic carbocycles. The lowest BCUT2D eigenvalue weighted by molar-refractivity contribution is -0.160. The number of hydrogen-bond acceptors (Lipinski definition) is 4. The first-order valence-corrected chi connectivity index (χ1v) is 12.0. The van der Waals surface area contributed by atoms with Gasteiger partial charge in [-0.25, -0.2) is 9.37 Å². The zero-order valence-electron chi connectivity index (χ0n) is 16.9. The van der Waals surface area contributed by atoms with E-state index in [2.05, 4.69) is 10.3 Å². The first-order chi connectivity index (χ1) is 14.5. The van der Waals surface area contributed by atoms with E-state index in [-0.39, 0.29) is 23.0 Å². The molecular weight excluding hydrogens is 401 g/mol. The van der Waals surface area contributed by atoms with Crippen molar-refractivity contribution < 1.29 is 14.0 Å². The van der Waals surface area contributed by atoms with Gasteiger partial charge < -0.3 is 10.2 Å². The highest BCUT2D eigenvalue weighted by atomic mass is 32.1. The second-order valence-electron chi connectivity index (χ2n) is 9.97. The van der Waals surface area contributed by atoms with Crippen LogP contribution >= 0.6 is 11.3 Å². The molecule has 158 valence electrons. The Hall–Kier alpha value is -2.02. The fourth-order valence-electron chi connectivity index (χ4n) is 7.10. The summed E-state index contributed by atoms with van der Waals surface area (Å²) < 4.78 is 14.2. The van der Waals surface area contributed by atoms with Crippen molar-refractivity contribution in [1.82, 2.24) is 9.88 Å². The van der Waals surface area contributed by atoms with Crippen LogP contribution in [0.4, 0.5) is 9.52 Å². The predicted molar refractivity (Wildman–Crippen MR) is 114 cm³/mol. The summed E-state index contributed by atoms with van der Waals surface area (Å²) in [4.78, 5) is 33.1. The van der Waals surface area contributed by atoms with Crippen LogP contribution in [-0.4, -0.2) is 34.3 Å². The number of halogens is 1. The number of rotatable bonds is 3. The minimum atomic E-state index is -0.422. The van der Waals surface area contributed by atoms with Gasteiger partial charge in [0.05, 0.1) is 15.6 Å². The number of likely N-dealkylation sites (tertiary alicyclic amines) is 1. The van der Waals surface area contributed by atoms with Gasteiger partial charge >= 0.3 is 0 Å². The number of anilines is 1. The van der Waals surface area contributed by atoms with Gasteiger partial charge in [0.1, 0.15) is 11.9 Å². The summed E-state index contributed by atoms with van der Waals surface area (Å²) in [7, 11) is 0. The summed E-state index contributed by atoms with van der Waals surface area (Å²) in [6, 6.07) is 4.00. The van der Waals surface area contributed by atoms with Crippen molar-refractivity contribution in [3.8, 4) is 0 Å². The van der Waals surface area contributed by atoms with Crippen LogP contribution in [-0.2, 0) is 9.59 Å². The van der Waals surface area contributed by atoms with Crippen molar-refractivity contribution in [2.45, 2.75) is 57.4 Å². The number of carbonyl (C=O) groups excluding carboxylic acids is 2. The molecule has 1 aromatic carbocycles. The summed E-state index contributed by atoms with van der Waals surface area (Å²) in [6.45, 7) is 0.670. The third-order valence-electron chi connectivity index (χ3n) is 7.89. The molecular formula is C23H26FN3O2S. The maximum Gasteiger partial charge on any atom is 0.248 e. The quantitative estimate of drug-likeness (QED) is 0.780. The van der Waals surface area contributed by atoms with Crippen molar-refractivity contribution >= 4 is 38.5 Å². The Kier molecular flexibility index (Phi) is 4.21. The number of hydrogen-bond donors (Lipinski definition) is 1. The number of aromatic nitrogens is 1. The van der Waals surface area contributed by atoms with E-state index in [9.17, 15) is 14.0 Å². The standard InChI is InChI=1S/C23H26FN3O2S/c24-16-3-4-17-19(9-16)30-22(25-17)26-20(28)18-2-1-5-27(18)21(29)23-10-13-6-14(11-23)8-15(7-13)12-23/h3-4,9,13-15,18H,1-2,5-8,10-12H2,(H,25,26,28). The maximum absolute atomic E-state index is 13.7. The van der Waals surface area contributed by atoms with Gasteiger partial charge in [0, 0.05) is 6.54 Å². The van der Waals surface area contributed by atoms with E-state index in [1.54, 1.807) is 6.07 Å². The zero-order chi connectivity index (χ0) is 20.5. The molecule has 1 aromatic heterocycles. The molecule has 1 unspecified atom stereocenters. The van der Waals surface area contributed by atoms with Crippen LogP contribution in [0.3, 0.4) is 0 Å². The Morgan fingerprint density at radius 2 is 1.83 bits per heavy atom. The Labute approximate surface area is 179 Å². The van der Waals surface area contributed by atoms with Gasteiger partial charge in [-0.2, -0.15) is 0 Å². The average molecular weight is 428 g/mol. The Balaban J connectivity index is 1.21. The maximum atomic E-state index is 13.7. The van der Waals surface area contributed by atoms with Crippen LogP contribution in [0.5, 0.6) is 0 Å². The number of fused-ring (bicyclic) bond motifs is 1. The molecule has 1 N–H and O–H groups in total. The Morgan fingerprint density at radius 3 is 2.53 bits per heavy atom. The molecule has 30 heavy (non-hydrogen) atoms. The number of nitrogens with zero attached hydrogens (tertiary/aromatic N) is 2. The lowest BCUT2D eigenvalue weighted by atomic mass is 9.49. The second-order valence-corrected chi connectivity index (χ2v) is 11.0. The average Bonchev–Trinajstić information content (AvgIpc) is 3.32. The lowest BCUT2D eigenvalue weighted by Gasteiger charge is -2.56. The van der Waals surface area contributed by atoms with E-state index >= 15 is 0 Å². The molecule has 0 radical (unpaired) electrons. The van der Waals surface area contributed by atoms with E-state index in [0.717, 1.165) is 25.7 Å². The van der Waals surface area contributed by atoms with E-state index in [1.807, 2.05) is 4.90 Å². The monoisotopic (exact) mass is 427 g/mol. The number of thiazole rings is 1. The first-order valence-electron chi connectivity index (χ1n) is 11.2. The summed E-state index contributed by atoms with van der Waals surface area (Å²) in [5.41, 5.74) is 0.454. The molecule has 0 spiro atoms. The van der Waals surface area contributed by atoms with E-state index in [4.69, 9.17) is 0 Å². The highest BCUT2D eigenvalue weighted by molar-refractivity contribution is 7.22. The van der Waals surface area contributed by atoms with Crippen molar-refractivity contribution in [3.05, 3.63) is 24.0 Å². The van der Waals surface area contributed by atoms with Crippen molar-refractivity contribution in [2.24, 2.45) is 23.2 Å². The smallest absolute Gasteiger partial charge is 0.248 e. The first kappa shape index (κ1) is 18.7. The van der Waals surface area contributed by atoms with E-state index < -0.39 is 6.04 Å². The Morgan fingerprint density at radius 1 is 1.13 bits per heavy atom. The summed E-state index contributed by atoms with van der Waals surface area (Å²) in [5.74, 6) is 1.87. The van der Waals surface area contributed by atoms with Crippen LogP contribution in [0.1, 0.15) is 51.4 Å². The fourth-order valence-corrected chi connectivity index (χ4v) is 7.99. The molecule has 2 heterocycles. The summed E-state index contributed by atoms with van der Waals surface area (Å²) in [5, 5.41) is 3.37. The Bertz CT molecular complexity index is 999. The minimum Gasteiger partial charge on any atom is -0.330 e. The highest BCUT2D eigenvalue weighted by Gasteiger charge is 2.56. The molecule has 4 saturated carbocycles. The normalized spacial score (nSPS) is 34.6. The molecule has 5 fully saturated rings. The fraction of sp³-hybridized carbons (Fsp3) is 0.609. The third-order valence-corrected chi connectivity index (χ3v) is 8.82. The van der Waals surface area contributed by atoms with Gasteiger partial charge in [0.2, 0.25) is 11.8 Å². The number of nitrogens with one attached hydrogen (secondary N) is 1. The predicted octanol–water partition coefficient (Wildman–Crippen LogP) is 4.58. The molecule has 7 heteroatoms. The molecule has 4 bridgehead atoms.